The number of aliphatic hydroxyl groups excluding tert-OH is 1. The molecule has 2 aromatic rings. The Bertz CT molecular complexity index is 1200. The van der Waals surface area contributed by atoms with Crippen molar-refractivity contribution >= 4 is 45.9 Å². The van der Waals surface area contributed by atoms with Crippen LogP contribution in [0.2, 0.25) is 0 Å². The first-order valence-corrected chi connectivity index (χ1v) is 13.1. The van der Waals surface area contributed by atoms with Crippen molar-refractivity contribution in [2.24, 2.45) is 17.8 Å². The van der Waals surface area contributed by atoms with Crippen molar-refractivity contribution in [3.05, 3.63) is 42.5 Å². The third-order valence-electron chi connectivity index (χ3n) is 8.32. The molecule has 5 rings (SSSR count). The van der Waals surface area contributed by atoms with E-state index in [4.69, 9.17) is 0 Å². The van der Waals surface area contributed by atoms with E-state index in [9.17, 15) is 19.5 Å². The van der Waals surface area contributed by atoms with Gasteiger partial charge in [-0.3, -0.25) is 14.4 Å². The summed E-state index contributed by atoms with van der Waals surface area (Å²) in [5.41, 5.74) is 0.664. The molecular formula is C27H33N3O4S. The number of fused-ring (bicyclic) bond motifs is 2. The van der Waals surface area contributed by atoms with Crippen molar-refractivity contribution in [2.75, 3.05) is 19.0 Å². The Hall–Kier alpha value is -2.58. The van der Waals surface area contributed by atoms with Gasteiger partial charge in [-0.2, -0.15) is 0 Å². The van der Waals surface area contributed by atoms with Crippen molar-refractivity contribution < 1.29 is 19.5 Å². The van der Waals surface area contributed by atoms with Crippen molar-refractivity contribution in [2.45, 2.75) is 55.2 Å². The lowest BCUT2D eigenvalue weighted by Gasteiger charge is -2.38. The second-order valence-electron chi connectivity index (χ2n) is 10.6. The van der Waals surface area contributed by atoms with Crippen LogP contribution in [0.4, 0.5) is 5.69 Å². The molecule has 0 aliphatic carbocycles. The van der Waals surface area contributed by atoms with Crippen molar-refractivity contribution in [1.82, 2.24) is 10.2 Å². The largest absolute Gasteiger partial charge is 0.394 e. The van der Waals surface area contributed by atoms with Gasteiger partial charge < -0.3 is 20.6 Å². The molecule has 3 saturated heterocycles. The molecule has 6 atom stereocenters. The number of hydrogen-bond acceptors (Lipinski definition) is 5. The molecule has 186 valence electrons. The summed E-state index contributed by atoms with van der Waals surface area (Å²) in [6, 6.07) is 12.4. The van der Waals surface area contributed by atoms with Crippen LogP contribution in [0.25, 0.3) is 10.8 Å². The summed E-state index contributed by atoms with van der Waals surface area (Å²) >= 11 is 1.63. The van der Waals surface area contributed by atoms with Crippen LogP contribution in [0.5, 0.6) is 0 Å². The number of nitrogens with one attached hydrogen (secondary N) is 2. The fourth-order valence-corrected chi connectivity index (χ4v) is 9.02. The number of likely N-dealkylation sites (tertiary alicyclic amines) is 1. The van der Waals surface area contributed by atoms with E-state index < -0.39 is 33.4 Å². The number of nitrogens with zero attached hydrogens (tertiary/aromatic N) is 1. The van der Waals surface area contributed by atoms with E-state index in [2.05, 4.69) is 10.6 Å². The molecule has 35 heavy (non-hydrogen) atoms. The van der Waals surface area contributed by atoms with Gasteiger partial charge >= 0.3 is 0 Å². The Kier molecular flexibility index (Phi) is 5.87. The number of thioether (sulfide) groups is 1. The number of hydrogen-bond donors (Lipinski definition) is 3. The number of benzene rings is 2. The van der Waals surface area contributed by atoms with Crippen LogP contribution < -0.4 is 10.6 Å². The predicted molar refractivity (Wildman–Crippen MR) is 138 cm³/mol. The lowest BCUT2D eigenvalue weighted by atomic mass is 9.66. The van der Waals surface area contributed by atoms with Crippen molar-refractivity contribution in [1.29, 1.82) is 0 Å². The zero-order chi connectivity index (χ0) is 25.1. The second kappa shape index (κ2) is 8.52. The first kappa shape index (κ1) is 24.1. The van der Waals surface area contributed by atoms with Gasteiger partial charge in [0.25, 0.3) is 0 Å². The SMILES string of the molecule is CNC(=O)[C@@H]1[C@H]2C(=O)N([C@@H](CO)C(C)C)C(C(=O)Nc3ccc4ccccc4c3)C23CC[C@@]1(C)S3. The molecule has 3 amide bonds. The number of rotatable bonds is 6. The summed E-state index contributed by atoms with van der Waals surface area (Å²) in [5.74, 6) is -1.75. The maximum absolute atomic E-state index is 14.0. The lowest BCUT2D eigenvalue weighted by Crippen LogP contribution is -2.56. The highest BCUT2D eigenvalue weighted by atomic mass is 32.2. The van der Waals surface area contributed by atoms with Gasteiger partial charge in [0, 0.05) is 17.5 Å². The highest BCUT2D eigenvalue weighted by Gasteiger charge is 2.77. The molecule has 1 spiro atoms. The van der Waals surface area contributed by atoms with Gasteiger partial charge in [-0.1, -0.05) is 44.2 Å². The fraction of sp³-hybridized carbons (Fsp3) is 0.519. The number of amides is 3. The van der Waals surface area contributed by atoms with Crippen LogP contribution in [0.15, 0.2) is 42.5 Å². The summed E-state index contributed by atoms with van der Waals surface area (Å²) in [4.78, 5) is 42.7. The van der Waals surface area contributed by atoms with Gasteiger partial charge in [0.1, 0.15) is 6.04 Å². The number of carbonyl (C=O) groups excluding carboxylic acids is 3. The number of aliphatic hydroxyl groups is 1. The van der Waals surface area contributed by atoms with Gasteiger partial charge in [0.05, 0.1) is 29.2 Å². The standard InChI is InChI=1S/C27H33N3O4S/c1-15(2)19(14-31)30-22(24(33)29-18-10-9-16-7-5-6-8-17(16)13-18)27-12-11-26(3,35-27)20(23(32)28-4)21(27)25(30)34/h5-10,13,15,19-22,31H,11-12,14H2,1-4H3,(H,28,32)(H,29,33)/t19-,20-,21-,22?,26+,27?/m0/s1. The highest BCUT2D eigenvalue weighted by molar-refractivity contribution is 8.02. The van der Waals surface area contributed by atoms with E-state index in [1.165, 1.54) is 0 Å². The van der Waals surface area contributed by atoms with Crippen LogP contribution in [0, 0.1) is 17.8 Å². The van der Waals surface area contributed by atoms with Crippen LogP contribution in [-0.4, -0.2) is 63.0 Å². The Morgan fingerprint density at radius 1 is 1.14 bits per heavy atom. The Labute approximate surface area is 210 Å². The Balaban J connectivity index is 1.57. The topological polar surface area (TPSA) is 98.7 Å². The zero-order valence-corrected chi connectivity index (χ0v) is 21.4. The zero-order valence-electron chi connectivity index (χ0n) is 20.6. The minimum Gasteiger partial charge on any atom is -0.394 e. The molecule has 3 fully saturated rings. The molecule has 7 nitrogen and oxygen atoms in total. The van der Waals surface area contributed by atoms with Crippen LogP contribution in [0.1, 0.15) is 33.6 Å². The molecular weight excluding hydrogens is 462 g/mol. The number of carbonyl (C=O) groups is 3. The van der Waals surface area contributed by atoms with E-state index in [1.54, 1.807) is 23.7 Å². The summed E-state index contributed by atoms with van der Waals surface area (Å²) in [5, 5.41) is 18.2. The minimum absolute atomic E-state index is 0.0496. The molecule has 2 bridgehead atoms. The van der Waals surface area contributed by atoms with E-state index in [0.29, 0.717) is 12.1 Å². The van der Waals surface area contributed by atoms with Gasteiger partial charge in [-0.05, 0) is 48.6 Å². The highest BCUT2D eigenvalue weighted by Crippen LogP contribution is 2.71. The maximum Gasteiger partial charge on any atom is 0.248 e. The van der Waals surface area contributed by atoms with E-state index in [0.717, 1.165) is 17.2 Å². The molecule has 3 N–H and O–H groups in total. The molecule has 3 heterocycles. The van der Waals surface area contributed by atoms with E-state index in [-0.39, 0.29) is 30.2 Å². The minimum atomic E-state index is -0.771. The van der Waals surface area contributed by atoms with Crippen LogP contribution in [-0.2, 0) is 14.4 Å². The summed E-state index contributed by atoms with van der Waals surface area (Å²) in [7, 11) is 1.60. The van der Waals surface area contributed by atoms with Crippen LogP contribution >= 0.6 is 11.8 Å². The quantitative estimate of drug-likeness (QED) is 0.572. The predicted octanol–water partition coefficient (Wildman–Crippen LogP) is 3.02. The maximum atomic E-state index is 14.0. The third kappa shape index (κ3) is 3.48. The first-order chi connectivity index (χ1) is 16.7. The van der Waals surface area contributed by atoms with Gasteiger partial charge in [-0.15, -0.1) is 11.8 Å². The first-order valence-electron chi connectivity index (χ1n) is 12.3. The third-order valence-corrected chi connectivity index (χ3v) is 10.3. The molecule has 3 aliphatic rings. The molecule has 0 saturated carbocycles. The Morgan fingerprint density at radius 3 is 2.51 bits per heavy atom. The van der Waals surface area contributed by atoms with Gasteiger partial charge in [0.2, 0.25) is 17.7 Å². The number of anilines is 1. The summed E-state index contributed by atoms with van der Waals surface area (Å²) in [6.45, 7) is 5.70. The Morgan fingerprint density at radius 2 is 1.86 bits per heavy atom. The molecule has 0 radical (unpaired) electrons. The molecule has 0 aromatic heterocycles. The van der Waals surface area contributed by atoms with Gasteiger partial charge in [-0.25, -0.2) is 0 Å². The smallest absolute Gasteiger partial charge is 0.248 e. The van der Waals surface area contributed by atoms with Gasteiger partial charge in [0.15, 0.2) is 0 Å². The second-order valence-corrected chi connectivity index (χ2v) is 12.5. The molecule has 2 unspecified atom stereocenters. The molecule has 2 aromatic carbocycles. The average molecular weight is 496 g/mol. The molecule has 3 aliphatic heterocycles. The lowest BCUT2D eigenvalue weighted by molar-refractivity contribution is -0.143. The summed E-state index contributed by atoms with van der Waals surface area (Å²) < 4.78 is -1.10. The van der Waals surface area contributed by atoms with Crippen molar-refractivity contribution in [3.8, 4) is 0 Å². The molecule has 8 heteroatoms. The van der Waals surface area contributed by atoms with Crippen molar-refractivity contribution in [3.63, 3.8) is 0 Å². The monoisotopic (exact) mass is 495 g/mol. The fourth-order valence-electron chi connectivity index (χ4n) is 6.67. The average Bonchev–Trinajstić information content (AvgIpc) is 3.40. The van der Waals surface area contributed by atoms with E-state index in [1.807, 2.05) is 63.2 Å². The summed E-state index contributed by atoms with van der Waals surface area (Å²) in [6.07, 6.45) is 1.44. The normalized spacial score (nSPS) is 32.2. The van der Waals surface area contributed by atoms with E-state index >= 15 is 0 Å². The van der Waals surface area contributed by atoms with Crippen LogP contribution in [0.3, 0.4) is 0 Å².